The van der Waals surface area contributed by atoms with Crippen molar-refractivity contribution in [2.75, 3.05) is 0 Å². The summed E-state index contributed by atoms with van der Waals surface area (Å²) in [4.78, 5) is 10.3. The van der Waals surface area contributed by atoms with Crippen molar-refractivity contribution >= 4 is 5.97 Å². The molecule has 0 aromatic heterocycles. The Hall–Kier alpha value is -0.830. The Morgan fingerprint density at radius 1 is 1.14 bits per heavy atom. The summed E-state index contributed by atoms with van der Waals surface area (Å²) in [6.07, 6.45) is 8.60. The minimum absolute atomic E-state index is 0.139. The molecule has 1 rings (SSSR count). The van der Waals surface area contributed by atoms with E-state index in [-0.39, 0.29) is 6.10 Å². The Morgan fingerprint density at radius 3 is 2.21 bits per heavy atom. The summed E-state index contributed by atoms with van der Waals surface area (Å²) in [5.74, 6) is -0.481. The van der Waals surface area contributed by atoms with Crippen molar-refractivity contribution in [3.8, 4) is 0 Å². The molecule has 0 atom stereocenters. The van der Waals surface area contributed by atoms with Crippen molar-refractivity contribution in [1.82, 2.24) is 0 Å². The molecule has 0 amide bonds. The highest BCUT2D eigenvalue weighted by molar-refractivity contribution is 5.79. The standard InChI is InChI=1S/C11H18O3/c12-10-5-1-3-9(4-2-6-10)7-8-11(13)14/h7-10,12H,1-6H2,(H,13,14). The fourth-order valence-electron chi connectivity index (χ4n) is 1.93. The van der Waals surface area contributed by atoms with Gasteiger partial charge in [0.05, 0.1) is 6.10 Å². The zero-order valence-corrected chi connectivity index (χ0v) is 8.35. The van der Waals surface area contributed by atoms with Gasteiger partial charge in [-0.1, -0.05) is 18.9 Å². The highest BCUT2D eigenvalue weighted by atomic mass is 16.4. The topological polar surface area (TPSA) is 57.5 Å². The molecule has 0 aromatic rings. The number of carboxylic acids is 1. The lowest BCUT2D eigenvalue weighted by Gasteiger charge is -2.19. The van der Waals surface area contributed by atoms with Gasteiger partial charge in [-0.05, 0) is 31.6 Å². The van der Waals surface area contributed by atoms with Crippen LogP contribution in [0.4, 0.5) is 0 Å². The van der Waals surface area contributed by atoms with Crippen molar-refractivity contribution < 1.29 is 15.0 Å². The van der Waals surface area contributed by atoms with E-state index in [1.807, 2.05) is 0 Å². The lowest BCUT2D eigenvalue weighted by molar-refractivity contribution is -0.131. The van der Waals surface area contributed by atoms with Gasteiger partial charge in [0.1, 0.15) is 0 Å². The molecule has 0 heterocycles. The monoisotopic (exact) mass is 198 g/mol. The summed E-state index contributed by atoms with van der Waals surface area (Å²) in [6, 6.07) is 0. The molecule has 0 aliphatic heterocycles. The molecule has 0 unspecified atom stereocenters. The van der Waals surface area contributed by atoms with E-state index in [0.29, 0.717) is 5.92 Å². The fraction of sp³-hybridized carbons (Fsp3) is 0.727. The Labute approximate surface area is 84.4 Å². The number of aliphatic carboxylic acids is 1. The molecule has 3 heteroatoms. The van der Waals surface area contributed by atoms with Crippen LogP contribution in [0.3, 0.4) is 0 Å². The van der Waals surface area contributed by atoms with Gasteiger partial charge < -0.3 is 10.2 Å². The molecule has 2 N–H and O–H groups in total. The molecule has 0 aromatic carbocycles. The van der Waals surface area contributed by atoms with E-state index in [1.165, 1.54) is 6.08 Å². The van der Waals surface area contributed by atoms with Gasteiger partial charge in [-0.3, -0.25) is 0 Å². The van der Waals surface area contributed by atoms with Crippen LogP contribution in [-0.2, 0) is 4.79 Å². The highest BCUT2D eigenvalue weighted by Gasteiger charge is 2.13. The average molecular weight is 198 g/mol. The third-order valence-electron chi connectivity index (χ3n) is 2.74. The molecule has 14 heavy (non-hydrogen) atoms. The molecule has 1 aliphatic rings. The van der Waals surface area contributed by atoms with Crippen molar-refractivity contribution in [2.45, 2.75) is 44.6 Å². The van der Waals surface area contributed by atoms with Crippen LogP contribution in [-0.4, -0.2) is 22.3 Å². The number of hydrogen-bond donors (Lipinski definition) is 2. The molecular formula is C11H18O3. The van der Waals surface area contributed by atoms with Crippen LogP contribution >= 0.6 is 0 Å². The second-order valence-electron chi connectivity index (χ2n) is 3.97. The first-order chi connectivity index (χ1) is 6.68. The largest absolute Gasteiger partial charge is 0.478 e. The molecule has 1 aliphatic carbocycles. The number of carboxylic acid groups (broad SMARTS) is 1. The van der Waals surface area contributed by atoms with E-state index in [1.54, 1.807) is 6.08 Å². The predicted molar refractivity (Wildman–Crippen MR) is 54.0 cm³/mol. The maximum absolute atomic E-state index is 10.3. The summed E-state index contributed by atoms with van der Waals surface area (Å²) in [5.41, 5.74) is 0. The molecule has 80 valence electrons. The smallest absolute Gasteiger partial charge is 0.327 e. The molecule has 0 radical (unpaired) electrons. The zero-order chi connectivity index (χ0) is 10.4. The fourth-order valence-corrected chi connectivity index (χ4v) is 1.93. The first kappa shape index (κ1) is 11.2. The quantitative estimate of drug-likeness (QED) is 0.667. The van der Waals surface area contributed by atoms with Crippen LogP contribution in [0.1, 0.15) is 38.5 Å². The minimum Gasteiger partial charge on any atom is -0.478 e. The van der Waals surface area contributed by atoms with Crippen molar-refractivity contribution in [3.63, 3.8) is 0 Å². The molecule has 1 saturated carbocycles. The van der Waals surface area contributed by atoms with Gasteiger partial charge in [-0.15, -0.1) is 0 Å². The van der Waals surface area contributed by atoms with Gasteiger partial charge in [0, 0.05) is 6.08 Å². The average Bonchev–Trinajstić information content (AvgIpc) is 2.08. The van der Waals surface area contributed by atoms with Crippen LogP contribution in [0.5, 0.6) is 0 Å². The van der Waals surface area contributed by atoms with Gasteiger partial charge in [-0.2, -0.15) is 0 Å². The number of hydrogen-bond acceptors (Lipinski definition) is 2. The van der Waals surface area contributed by atoms with Crippen molar-refractivity contribution in [2.24, 2.45) is 5.92 Å². The van der Waals surface area contributed by atoms with Crippen molar-refractivity contribution in [1.29, 1.82) is 0 Å². The van der Waals surface area contributed by atoms with E-state index in [2.05, 4.69) is 0 Å². The summed E-state index contributed by atoms with van der Waals surface area (Å²) in [7, 11) is 0. The highest BCUT2D eigenvalue weighted by Crippen LogP contribution is 2.23. The Bertz CT molecular complexity index is 201. The van der Waals surface area contributed by atoms with Crippen LogP contribution in [0, 0.1) is 5.92 Å². The molecule has 0 spiro atoms. The Morgan fingerprint density at radius 2 is 1.71 bits per heavy atom. The summed E-state index contributed by atoms with van der Waals surface area (Å²) in [6.45, 7) is 0. The van der Waals surface area contributed by atoms with E-state index in [4.69, 9.17) is 5.11 Å². The Kier molecular flexibility index (Phi) is 4.66. The molecule has 3 nitrogen and oxygen atoms in total. The zero-order valence-electron chi connectivity index (χ0n) is 8.35. The second kappa shape index (κ2) is 5.81. The third kappa shape index (κ3) is 4.42. The first-order valence-corrected chi connectivity index (χ1v) is 5.27. The van der Waals surface area contributed by atoms with E-state index in [9.17, 15) is 9.90 Å². The normalized spacial score (nSPS) is 29.8. The van der Waals surface area contributed by atoms with Gasteiger partial charge >= 0.3 is 5.97 Å². The summed E-state index contributed by atoms with van der Waals surface area (Å²) < 4.78 is 0. The van der Waals surface area contributed by atoms with Gasteiger partial charge in [-0.25, -0.2) is 4.79 Å². The van der Waals surface area contributed by atoms with E-state index >= 15 is 0 Å². The molecule has 0 bridgehead atoms. The summed E-state index contributed by atoms with van der Waals surface area (Å²) in [5, 5.41) is 17.9. The maximum atomic E-state index is 10.3. The minimum atomic E-state index is -0.868. The lowest BCUT2D eigenvalue weighted by atomic mass is 9.90. The molecule has 1 fully saturated rings. The molecule has 0 saturated heterocycles. The number of carbonyl (C=O) groups is 1. The predicted octanol–water partition coefficient (Wildman–Crippen LogP) is 1.96. The summed E-state index contributed by atoms with van der Waals surface area (Å²) >= 11 is 0. The SMILES string of the molecule is O=C(O)C=CC1CCCC(O)CCC1. The van der Waals surface area contributed by atoms with Crippen LogP contribution in [0.2, 0.25) is 0 Å². The second-order valence-corrected chi connectivity index (χ2v) is 3.97. The Balaban J connectivity index is 2.35. The maximum Gasteiger partial charge on any atom is 0.327 e. The number of aliphatic hydroxyl groups is 1. The van der Waals surface area contributed by atoms with Crippen LogP contribution in [0.25, 0.3) is 0 Å². The number of allylic oxidation sites excluding steroid dienone is 1. The van der Waals surface area contributed by atoms with Gasteiger partial charge in [0.2, 0.25) is 0 Å². The lowest BCUT2D eigenvalue weighted by Crippen LogP contribution is -2.11. The van der Waals surface area contributed by atoms with Crippen molar-refractivity contribution in [3.05, 3.63) is 12.2 Å². The van der Waals surface area contributed by atoms with Crippen LogP contribution < -0.4 is 0 Å². The van der Waals surface area contributed by atoms with E-state index < -0.39 is 5.97 Å². The van der Waals surface area contributed by atoms with E-state index in [0.717, 1.165) is 38.5 Å². The third-order valence-corrected chi connectivity index (χ3v) is 2.74. The number of aliphatic hydroxyl groups excluding tert-OH is 1. The van der Waals surface area contributed by atoms with Gasteiger partial charge in [0.25, 0.3) is 0 Å². The number of rotatable bonds is 2. The van der Waals surface area contributed by atoms with Crippen LogP contribution in [0.15, 0.2) is 12.2 Å². The first-order valence-electron chi connectivity index (χ1n) is 5.27. The molecular weight excluding hydrogens is 180 g/mol. The van der Waals surface area contributed by atoms with Gasteiger partial charge in [0.15, 0.2) is 0 Å².